The first-order valence-electron chi connectivity index (χ1n) is 10.0. The molecule has 1 aromatic heterocycles. The Balaban J connectivity index is 1.38. The average Bonchev–Trinajstić information content (AvgIpc) is 3.26. The number of thioether (sulfide) groups is 1. The second kappa shape index (κ2) is 8.28. The number of nitrogens with zero attached hydrogens (tertiary/aromatic N) is 1. The van der Waals surface area contributed by atoms with Crippen molar-refractivity contribution in [3.05, 3.63) is 90.3 Å². The molecular formula is C24H20N4O2S. The van der Waals surface area contributed by atoms with Crippen molar-refractivity contribution in [2.24, 2.45) is 0 Å². The number of hydrogen-bond acceptors (Lipinski definition) is 4. The number of fused-ring (bicyclic) bond motifs is 2. The van der Waals surface area contributed by atoms with Crippen LogP contribution in [0, 0.1) is 0 Å². The van der Waals surface area contributed by atoms with E-state index in [4.69, 9.17) is 0 Å². The summed E-state index contributed by atoms with van der Waals surface area (Å²) in [5.41, 5.74) is 4.50. The van der Waals surface area contributed by atoms with Crippen LogP contribution in [0.1, 0.15) is 23.6 Å². The molecule has 2 amide bonds. The summed E-state index contributed by atoms with van der Waals surface area (Å²) < 4.78 is 0. The summed E-state index contributed by atoms with van der Waals surface area (Å²) >= 11 is 1.43. The van der Waals surface area contributed by atoms with Crippen molar-refractivity contribution < 1.29 is 9.59 Å². The van der Waals surface area contributed by atoms with Crippen LogP contribution in [0.3, 0.4) is 0 Å². The van der Waals surface area contributed by atoms with Crippen LogP contribution in [0.5, 0.6) is 0 Å². The number of rotatable bonds is 5. The van der Waals surface area contributed by atoms with Crippen LogP contribution < -0.4 is 10.6 Å². The minimum absolute atomic E-state index is 0.0977. The lowest BCUT2D eigenvalue weighted by Crippen LogP contribution is -2.36. The van der Waals surface area contributed by atoms with E-state index in [1.807, 2.05) is 72.8 Å². The molecule has 0 fully saturated rings. The van der Waals surface area contributed by atoms with Crippen molar-refractivity contribution in [1.82, 2.24) is 15.3 Å². The standard InChI is InChI=1S/C24H20N4O2S/c29-22(13-21-24(30)27-18-8-4-5-9-20(18)31-21)28-23(15-6-2-1-3-7-15)16-10-11-17-19(12-16)26-14-25-17/h1-12,14,21,23H,13H2,(H,25,26)(H,27,30)(H,28,29). The lowest BCUT2D eigenvalue weighted by atomic mass is 9.98. The number of hydrogen-bond donors (Lipinski definition) is 3. The maximum absolute atomic E-state index is 13.0. The highest BCUT2D eigenvalue weighted by molar-refractivity contribution is 8.01. The molecule has 2 heterocycles. The van der Waals surface area contributed by atoms with Crippen LogP contribution in [-0.4, -0.2) is 27.0 Å². The van der Waals surface area contributed by atoms with Gasteiger partial charge in [0.1, 0.15) is 0 Å². The molecule has 3 aromatic carbocycles. The molecule has 2 atom stereocenters. The van der Waals surface area contributed by atoms with Crippen molar-refractivity contribution in [2.45, 2.75) is 22.6 Å². The van der Waals surface area contributed by atoms with Gasteiger partial charge < -0.3 is 15.6 Å². The summed E-state index contributed by atoms with van der Waals surface area (Å²) in [6.07, 6.45) is 1.75. The smallest absolute Gasteiger partial charge is 0.238 e. The van der Waals surface area contributed by atoms with Crippen LogP contribution in [0.15, 0.2) is 84.0 Å². The Kier molecular flexibility index (Phi) is 5.18. The fourth-order valence-electron chi connectivity index (χ4n) is 3.75. The number of carbonyl (C=O) groups is 2. The van der Waals surface area contributed by atoms with Gasteiger partial charge in [0, 0.05) is 11.3 Å². The number of benzene rings is 3. The number of para-hydroxylation sites is 1. The molecule has 3 N–H and O–H groups in total. The number of imidazole rings is 1. The van der Waals surface area contributed by atoms with Crippen LogP contribution >= 0.6 is 11.8 Å². The summed E-state index contributed by atoms with van der Waals surface area (Å²) in [5, 5.41) is 5.56. The number of amides is 2. The van der Waals surface area contributed by atoms with Crippen molar-refractivity contribution in [2.75, 3.05) is 5.32 Å². The molecule has 0 aliphatic carbocycles. The summed E-state index contributed by atoms with van der Waals surface area (Å²) in [6, 6.07) is 23.0. The molecule has 1 aliphatic rings. The fraction of sp³-hybridized carbons (Fsp3) is 0.125. The van der Waals surface area contributed by atoms with Gasteiger partial charge in [-0.25, -0.2) is 4.98 Å². The molecular weight excluding hydrogens is 408 g/mol. The van der Waals surface area contributed by atoms with Crippen LogP contribution in [0.25, 0.3) is 11.0 Å². The Bertz CT molecular complexity index is 1250. The minimum atomic E-state index is -0.471. The first-order valence-corrected chi connectivity index (χ1v) is 10.9. The predicted octanol–water partition coefficient (Wildman–Crippen LogP) is 4.27. The van der Waals surface area contributed by atoms with Crippen molar-refractivity contribution in [1.29, 1.82) is 0 Å². The first kappa shape index (κ1) is 19.4. The van der Waals surface area contributed by atoms with Gasteiger partial charge in [0.25, 0.3) is 0 Å². The van der Waals surface area contributed by atoms with Crippen molar-refractivity contribution >= 4 is 40.3 Å². The molecule has 154 valence electrons. The van der Waals surface area contributed by atoms with E-state index in [1.165, 1.54) is 11.8 Å². The predicted molar refractivity (Wildman–Crippen MR) is 122 cm³/mol. The van der Waals surface area contributed by atoms with Crippen LogP contribution in [0.2, 0.25) is 0 Å². The number of aromatic amines is 1. The maximum atomic E-state index is 13.0. The summed E-state index contributed by atoms with van der Waals surface area (Å²) in [4.78, 5) is 33.9. The second-order valence-electron chi connectivity index (χ2n) is 7.39. The van der Waals surface area contributed by atoms with Crippen LogP contribution in [0.4, 0.5) is 5.69 Å². The second-order valence-corrected chi connectivity index (χ2v) is 8.63. The average molecular weight is 429 g/mol. The molecule has 0 radical (unpaired) electrons. The fourth-order valence-corrected chi connectivity index (χ4v) is 4.86. The zero-order valence-electron chi connectivity index (χ0n) is 16.5. The summed E-state index contributed by atoms with van der Waals surface area (Å²) in [6.45, 7) is 0. The summed E-state index contributed by atoms with van der Waals surface area (Å²) in [5.74, 6) is -0.320. The van der Waals surface area contributed by atoms with Gasteiger partial charge in [-0.05, 0) is 35.4 Å². The topological polar surface area (TPSA) is 86.9 Å². The van der Waals surface area contributed by atoms with Crippen LogP contribution in [-0.2, 0) is 9.59 Å². The van der Waals surface area contributed by atoms with E-state index in [0.717, 1.165) is 32.7 Å². The van der Waals surface area contributed by atoms with E-state index in [9.17, 15) is 9.59 Å². The Morgan fingerprint density at radius 3 is 2.71 bits per heavy atom. The van der Waals surface area contributed by atoms with Gasteiger partial charge in [-0.2, -0.15) is 0 Å². The molecule has 31 heavy (non-hydrogen) atoms. The van der Waals surface area contributed by atoms with E-state index in [0.29, 0.717) is 0 Å². The third-order valence-corrected chi connectivity index (χ3v) is 6.57. The first-order chi connectivity index (χ1) is 15.2. The molecule has 0 saturated heterocycles. The van der Waals surface area contributed by atoms with E-state index in [2.05, 4.69) is 20.6 Å². The Morgan fingerprint density at radius 2 is 1.84 bits per heavy atom. The highest BCUT2D eigenvalue weighted by Gasteiger charge is 2.29. The molecule has 1 aliphatic heterocycles. The number of carbonyl (C=O) groups excluding carboxylic acids is 2. The number of anilines is 1. The molecule has 5 rings (SSSR count). The summed E-state index contributed by atoms with van der Waals surface area (Å²) in [7, 11) is 0. The number of nitrogens with one attached hydrogen (secondary N) is 3. The molecule has 0 saturated carbocycles. The van der Waals surface area contributed by atoms with E-state index >= 15 is 0 Å². The largest absolute Gasteiger partial charge is 0.345 e. The molecule has 0 spiro atoms. The molecule has 4 aromatic rings. The van der Waals surface area contributed by atoms with Gasteiger partial charge in [-0.3, -0.25) is 9.59 Å². The molecule has 7 heteroatoms. The molecule has 6 nitrogen and oxygen atoms in total. The number of aromatic nitrogens is 2. The normalized spacial score (nSPS) is 16.4. The van der Waals surface area contributed by atoms with Gasteiger partial charge in [-0.1, -0.05) is 48.5 Å². The lowest BCUT2D eigenvalue weighted by molar-refractivity contribution is -0.124. The monoisotopic (exact) mass is 428 g/mol. The highest BCUT2D eigenvalue weighted by Crippen LogP contribution is 2.36. The van der Waals surface area contributed by atoms with Gasteiger partial charge in [0.05, 0.1) is 34.3 Å². The lowest BCUT2D eigenvalue weighted by Gasteiger charge is -2.25. The Morgan fingerprint density at radius 1 is 1.03 bits per heavy atom. The quantitative estimate of drug-likeness (QED) is 0.443. The zero-order chi connectivity index (χ0) is 21.2. The molecule has 2 unspecified atom stereocenters. The third-order valence-electron chi connectivity index (χ3n) is 5.29. The molecule has 0 bridgehead atoms. The number of H-pyrrole nitrogens is 1. The third kappa shape index (κ3) is 4.04. The SMILES string of the molecule is O=C(CC1Sc2ccccc2NC1=O)NC(c1ccccc1)c1ccc2nc[nH]c2c1. The van der Waals surface area contributed by atoms with Crippen molar-refractivity contribution in [3.8, 4) is 0 Å². The minimum Gasteiger partial charge on any atom is -0.345 e. The van der Waals surface area contributed by atoms with Gasteiger partial charge in [0.2, 0.25) is 11.8 Å². The van der Waals surface area contributed by atoms with E-state index in [-0.39, 0.29) is 24.3 Å². The Labute approximate surface area is 183 Å². The van der Waals surface area contributed by atoms with Crippen molar-refractivity contribution in [3.63, 3.8) is 0 Å². The Hall–Kier alpha value is -3.58. The maximum Gasteiger partial charge on any atom is 0.238 e. The van der Waals surface area contributed by atoms with Gasteiger partial charge in [-0.15, -0.1) is 11.8 Å². The van der Waals surface area contributed by atoms with E-state index < -0.39 is 5.25 Å². The highest BCUT2D eigenvalue weighted by atomic mass is 32.2. The van der Waals surface area contributed by atoms with Gasteiger partial charge in [0.15, 0.2) is 0 Å². The van der Waals surface area contributed by atoms with Gasteiger partial charge >= 0.3 is 0 Å². The zero-order valence-corrected chi connectivity index (χ0v) is 17.4. The van der Waals surface area contributed by atoms with E-state index in [1.54, 1.807) is 6.33 Å².